The van der Waals surface area contributed by atoms with Crippen molar-refractivity contribution >= 4 is 0 Å². The van der Waals surface area contributed by atoms with E-state index in [1.54, 1.807) is 0 Å². The van der Waals surface area contributed by atoms with Gasteiger partial charge in [-0.15, -0.1) is 0 Å². The molecule has 0 aromatic rings. The lowest BCUT2D eigenvalue weighted by Gasteiger charge is -2.32. The van der Waals surface area contributed by atoms with Crippen LogP contribution in [0.5, 0.6) is 0 Å². The summed E-state index contributed by atoms with van der Waals surface area (Å²) in [5.74, 6) is 0. The summed E-state index contributed by atoms with van der Waals surface area (Å²) in [5.41, 5.74) is 0. The van der Waals surface area contributed by atoms with Crippen molar-refractivity contribution in [2.24, 2.45) is 0 Å². The molecule has 0 radical (unpaired) electrons. The molecule has 10 heavy (non-hydrogen) atoms. The van der Waals surface area contributed by atoms with E-state index in [2.05, 4.69) is 4.90 Å². The maximum atomic E-state index is 9.31. The van der Waals surface area contributed by atoms with Gasteiger partial charge < -0.3 is 5.11 Å². The lowest BCUT2D eigenvalue weighted by atomic mass is 10.0. The van der Waals surface area contributed by atoms with Crippen LogP contribution in [0.25, 0.3) is 0 Å². The highest BCUT2D eigenvalue weighted by molar-refractivity contribution is 4.85. The molecule has 2 atom stereocenters. The van der Waals surface area contributed by atoms with E-state index >= 15 is 0 Å². The predicted molar refractivity (Wildman–Crippen MR) is 39.8 cm³/mol. The van der Waals surface area contributed by atoms with Crippen LogP contribution in [0.4, 0.5) is 0 Å². The molecule has 0 aromatic heterocycles. The van der Waals surface area contributed by atoms with Crippen molar-refractivity contribution in [3.63, 3.8) is 0 Å². The first-order valence-corrected chi connectivity index (χ1v) is 4.28. The SMILES string of the molecule is O[C@H]1CC[C@H]2CCCN2C1. The van der Waals surface area contributed by atoms with E-state index in [9.17, 15) is 5.11 Å². The molecule has 0 saturated carbocycles. The lowest BCUT2D eigenvalue weighted by Crippen LogP contribution is -2.41. The summed E-state index contributed by atoms with van der Waals surface area (Å²) >= 11 is 0. The lowest BCUT2D eigenvalue weighted by molar-refractivity contribution is 0.0559. The summed E-state index contributed by atoms with van der Waals surface area (Å²) in [6, 6.07) is 0.823. The molecule has 58 valence electrons. The Morgan fingerprint density at radius 2 is 2.10 bits per heavy atom. The van der Waals surface area contributed by atoms with Gasteiger partial charge in [-0.3, -0.25) is 4.90 Å². The molecule has 0 unspecified atom stereocenters. The maximum absolute atomic E-state index is 9.31. The number of rotatable bonds is 0. The Labute approximate surface area is 61.8 Å². The molecule has 0 aromatic carbocycles. The number of hydrogen-bond acceptors (Lipinski definition) is 2. The molecule has 2 rings (SSSR count). The minimum Gasteiger partial charge on any atom is -0.392 e. The molecule has 2 nitrogen and oxygen atoms in total. The molecule has 2 aliphatic rings. The third-order valence-corrected chi connectivity index (χ3v) is 2.78. The first-order valence-electron chi connectivity index (χ1n) is 4.28. The van der Waals surface area contributed by atoms with Crippen LogP contribution in [0, 0.1) is 0 Å². The van der Waals surface area contributed by atoms with Gasteiger partial charge in [0.15, 0.2) is 0 Å². The van der Waals surface area contributed by atoms with Gasteiger partial charge in [0.25, 0.3) is 0 Å². The highest BCUT2D eigenvalue weighted by Crippen LogP contribution is 2.26. The second-order valence-corrected chi connectivity index (χ2v) is 3.52. The van der Waals surface area contributed by atoms with Crippen molar-refractivity contribution in [3.8, 4) is 0 Å². The third kappa shape index (κ3) is 1.06. The second kappa shape index (κ2) is 2.51. The third-order valence-electron chi connectivity index (χ3n) is 2.78. The fourth-order valence-electron chi connectivity index (χ4n) is 2.21. The average Bonchev–Trinajstić information content (AvgIpc) is 2.33. The zero-order valence-corrected chi connectivity index (χ0v) is 6.29. The van der Waals surface area contributed by atoms with E-state index in [0.717, 1.165) is 19.0 Å². The molecule has 2 aliphatic heterocycles. The van der Waals surface area contributed by atoms with Gasteiger partial charge in [0.2, 0.25) is 0 Å². The minimum atomic E-state index is -0.0330. The van der Waals surface area contributed by atoms with Gasteiger partial charge in [0, 0.05) is 12.6 Å². The smallest absolute Gasteiger partial charge is 0.0667 e. The highest BCUT2D eigenvalue weighted by Gasteiger charge is 2.30. The van der Waals surface area contributed by atoms with Crippen LogP contribution in [0.1, 0.15) is 25.7 Å². The summed E-state index contributed by atoms with van der Waals surface area (Å²) < 4.78 is 0. The van der Waals surface area contributed by atoms with Crippen LogP contribution in [0.15, 0.2) is 0 Å². The molecule has 0 aliphatic carbocycles. The van der Waals surface area contributed by atoms with E-state index in [1.165, 1.54) is 25.8 Å². The molecular formula is C8H15NO. The summed E-state index contributed by atoms with van der Waals surface area (Å²) in [7, 11) is 0. The topological polar surface area (TPSA) is 23.5 Å². The number of nitrogens with zero attached hydrogens (tertiary/aromatic N) is 1. The molecular weight excluding hydrogens is 126 g/mol. The number of piperidine rings is 1. The van der Waals surface area contributed by atoms with Crippen LogP contribution in [0.3, 0.4) is 0 Å². The Morgan fingerprint density at radius 1 is 1.20 bits per heavy atom. The van der Waals surface area contributed by atoms with Crippen LogP contribution >= 0.6 is 0 Å². The largest absolute Gasteiger partial charge is 0.392 e. The first kappa shape index (κ1) is 6.62. The summed E-state index contributed by atoms with van der Waals surface area (Å²) in [5, 5.41) is 9.31. The van der Waals surface area contributed by atoms with E-state index in [1.807, 2.05) is 0 Å². The summed E-state index contributed by atoms with van der Waals surface area (Å²) in [6.45, 7) is 2.16. The van der Waals surface area contributed by atoms with Crippen molar-refractivity contribution in [1.82, 2.24) is 4.90 Å². The Hall–Kier alpha value is -0.0800. The van der Waals surface area contributed by atoms with Crippen LogP contribution in [-0.4, -0.2) is 35.2 Å². The van der Waals surface area contributed by atoms with Crippen LogP contribution in [-0.2, 0) is 0 Å². The molecule has 0 bridgehead atoms. The maximum Gasteiger partial charge on any atom is 0.0667 e. The summed E-state index contributed by atoms with van der Waals surface area (Å²) in [6.07, 6.45) is 4.93. The van der Waals surface area contributed by atoms with E-state index in [4.69, 9.17) is 0 Å². The fraction of sp³-hybridized carbons (Fsp3) is 1.00. The number of aliphatic hydroxyl groups is 1. The van der Waals surface area contributed by atoms with Gasteiger partial charge >= 0.3 is 0 Å². The second-order valence-electron chi connectivity index (χ2n) is 3.52. The number of aliphatic hydroxyl groups excluding tert-OH is 1. The predicted octanol–water partition coefficient (Wildman–Crippen LogP) is 0.605. The molecule has 2 saturated heterocycles. The standard InChI is InChI=1S/C8H15NO/c10-8-4-3-7-2-1-5-9(7)6-8/h7-8,10H,1-6H2/t7-,8+/m1/s1. The van der Waals surface area contributed by atoms with Gasteiger partial charge in [-0.2, -0.15) is 0 Å². The van der Waals surface area contributed by atoms with Crippen molar-refractivity contribution in [3.05, 3.63) is 0 Å². The molecule has 2 fully saturated rings. The molecule has 2 heteroatoms. The normalized spacial score (nSPS) is 41.7. The van der Waals surface area contributed by atoms with Gasteiger partial charge in [-0.1, -0.05) is 0 Å². The summed E-state index contributed by atoms with van der Waals surface area (Å²) in [4.78, 5) is 2.44. The van der Waals surface area contributed by atoms with E-state index in [-0.39, 0.29) is 6.10 Å². The molecule has 0 amide bonds. The zero-order valence-electron chi connectivity index (χ0n) is 6.29. The van der Waals surface area contributed by atoms with E-state index in [0.29, 0.717) is 0 Å². The molecule has 1 N–H and O–H groups in total. The van der Waals surface area contributed by atoms with Crippen LogP contribution in [0.2, 0.25) is 0 Å². The van der Waals surface area contributed by atoms with Crippen molar-refractivity contribution in [2.75, 3.05) is 13.1 Å². The van der Waals surface area contributed by atoms with Crippen molar-refractivity contribution in [2.45, 2.75) is 37.8 Å². The number of fused-ring (bicyclic) bond motifs is 1. The highest BCUT2D eigenvalue weighted by atomic mass is 16.3. The Kier molecular flexibility index (Phi) is 1.66. The van der Waals surface area contributed by atoms with Gasteiger partial charge in [0.1, 0.15) is 0 Å². The number of hydrogen-bond donors (Lipinski definition) is 1. The monoisotopic (exact) mass is 141 g/mol. The Bertz CT molecular complexity index is 126. The van der Waals surface area contributed by atoms with E-state index < -0.39 is 0 Å². The van der Waals surface area contributed by atoms with Gasteiger partial charge in [-0.25, -0.2) is 0 Å². The van der Waals surface area contributed by atoms with Crippen molar-refractivity contribution in [1.29, 1.82) is 0 Å². The van der Waals surface area contributed by atoms with Gasteiger partial charge in [0.05, 0.1) is 6.10 Å². The quantitative estimate of drug-likeness (QED) is 0.534. The minimum absolute atomic E-state index is 0.0330. The fourth-order valence-corrected chi connectivity index (χ4v) is 2.21. The first-order chi connectivity index (χ1) is 4.86. The molecule has 2 heterocycles. The van der Waals surface area contributed by atoms with Gasteiger partial charge in [-0.05, 0) is 32.2 Å². The average molecular weight is 141 g/mol. The Morgan fingerprint density at radius 3 is 3.00 bits per heavy atom. The molecule has 0 spiro atoms. The zero-order chi connectivity index (χ0) is 6.97. The van der Waals surface area contributed by atoms with Crippen LogP contribution < -0.4 is 0 Å². The van der Waals surface area contributed by atoms with Crippen molar-refractivity contribution < 1.29 is 5.11 Å². The Balaban J connectivity index is 1.96.